The molecule has 9 heteroatoms. The molecule has 1 fully saturated rings. The lowest BCUT2D eigenvalue weighted by Gasteiger charge is -2.12. The van der Waals surface area contributed by atoms with Crippen molar-refractivity contribution in [3.63, 3.8) is 0 Å². The quantitative estimate of drug-likeness (QED) is 0.689. The van der Waals surface area contributed by atoms with Gasteiger partial charge in [0, 0.05) is 30.7 Å². The molecule has 1 aliphatic carbocycles. The summed E-state index contributed by atoms with van der Waals surface area (Å²) in [6, 6.07) is 6.04. The van der Waals surface area contributed by atoms with Crippen molar-refractivity contribution < 1.29 is 4.79 Å². The van der Waals surface area contributed by atoms with Crippen molar-refractivity contribution in [3.05, 3.63) is 54.2 Å². The number of hydrogen-bond donors (Lipinski definition) is 2. The van der Waals surface area contributed by atoms with Crippen LogP contribution in [0.2, 0.25) is 0 Å². The first-order valence-corrected chi connectivity index (χ1v) is 8.45. The van der Waals surface area contributed by atoms with Gasteiger partial charge in [0.25, 0.3) is 5.91 Å². The van der Waals surface area contributed by atoms with Crippen LogP contribution in [0.15, 0.2) is 43.1 Å². The Balaban J connectivity index is 0.00000131. The molecule has 0 bridgehead atoms. The molecule has 0 saturated heterocycles. The van der Waals surface area contributed by atoms with E-state index < -0.39 is 0 Å². The summed E-state index contributed by atoms with van der Waals surface area (Å²) in [6.45, 7) is 0.642. The normalized spacial score (nSPS) is 18.6. The van der Waals surface area contributed by atoms with Gasteiger partial charge in [0.1, 0.15) is 5.52 Å². The molecule has 2 atom stereocenters. The van der Waals surface area contributed by atoms with Crippen LogP contribution in [0.4, 0.5) is 0 Å². The van der Waals surface area contributed by atoms with Crippen LogP contribution in [0.1, 0.15) is 35.2 Å². The number of amides is 1. The number of nitrogens with one attached hydrogen (secondary N) is 1. The lowest BCUT2D eigenvalue weighted by atomic mass is 10.2. The second kappa shape index (κ2) is 9.12. The number of aromatic nitrogens is 4. The maximum absolute atomic E-state index is 12.4. The third-order valence-corrected chi connectivity index (χ3v) is 4.60. The fourth-order valence-corrected chi connectivity index (χ4v) is 3.29. The van der Waals surface area contributed by atoms with E-state index in [2.05, 4.69) is 20.3 Å². The molecular formula is C18H22Cl2N6O. The van der Waals surface area contributed by atoms with E-state index in [-0.39, 0.29) is 42.8 Å². The zero-order valence-electron chi connectivity index (χ0n) is 14.6. The Kier molecular flexibility index (Phi) is 7.12. The fourth-order valence-electron chi connectivity index (χ4n) is 3.29. The number of imidazole rings is 1. The second-order valence-corrected chi connectivity index (χ2v) is 6.54. The van der Waals surface area contributed by atoms with Crippen molar-refractivity contribution >= 4 is 41.9 Å². The topological polar surface area (TPSA) is 98.7 Å². The number of rotatable bonds is 4. The van der Waals surface area contributed by atoms with Crippen molar-refractivity contribution in [3.8, 4) is 0 Å². The van der Waals surface area contributed by atoms with Gasteiger partial charge in [-0.3, -0.25) is 9.78 Å². The Bertz CT molecular complexity index is 901. The number of fused-ring (bicyclic) bond motifs is 1. The molecule has 1 saturated carbocycles. The maximum Gasteiger partial charge on any atom is 0.253 e. The van der Waals surface area contributed by atoms with Crippen molar-refractivity contribution in [1.82, 2.24) is 24.8 Å². The van der Waals surface area contributed by atoms with Crippen LogP contribution in [0.5, 0.6) is 0 Å². The Morgan fingerprint density at radius 1 is 1.26 bits per heavy atom. The van der Waals surface area contributed by atoms with E-state index in [1.165, 1.54) is 0 Å². The predicted octanol–water partition coefficient (Wildman–Crippen LogP) is 2.33. The molecule has 0 unspecified atom stereocenters. The van der Waals surface area contributed by atoms with Gasteiger partial charge in [0.15, 0.2) is 5.65 Å². The molecule has 1 amide bonds. The number of carbonyl (C=O) groups is 1. The first kappa shape index (κ1) is 21.1. The SMILES string of the molecule is Cl.Cl.N[C@H]1CC[C@@H](NC(=O)c2cnc3c(c2)ncn3Cc2cccnc2)C1. The monoisotopic (exact) mass is 408 g/mol. The van der Waals surface area contributed by atoms with Gasteiger partial charge in [-0.25, -0.2) is 9.97 Å². The summed E-state index contributed by atoms with van der Waals surface area (Å²) in [6.07, 6.45) is 9.64. The summed E-state index contributed by atoms with van der Waals surface area (Å²) in [5.74, 6) is -0.115. The molecule has 27 heavy (non-hydrogen) atoms. The highest BCUT2D eigenvalue weighted by atomic mass is 35.5. The molecule has 3 N–H and O–H groups in total. The number of carbonyl (C=O) groups excluding carboxylic acids is 1. The second-order valence-electron chi connectivity index (χ2n) is 6.54. The standard InChI is InChI=1S/C18H20N6O.2ClH/c19-14-3-4-15(7-14)23-18(25)13-6-16-17(21-9-13)24(11-22-16)10-12-2-1-5-20-8-12;;/h1-2,5-6,8-9,11,14-15H,3-4,7,10,19H2,(H,23,25);2*1H/t14-,15+;;/m0../s1. The third-order valence-electron chi connectivity index (χ3n) is 4.60. The van der Waals surface area contributed by atoms with E-state index in [0.29, 0.717) is 17.6 Å². The number of nitrogens with two attached hydrogens (primary N) is 1. The molecule has 3 aromatic rings. The Labute approximate surface area is 169 Å². The van der Waals surface area contributed by atoms with E-state index in [9.17, 15) is 4.79 Å². The minimum Gasteiger partial charge on any atom is -0.349 e. The van der Waals surface area contributed by atoms with E-state index in [1.54, 1.807) is 24.8 Å². The van der Waals surface area contributed by atoms with Crippen LogP contribution < -0.4 is 11.1 Å². The van der Waals surface area contributed by atoms with Crippen molar-refractivity contribution in [2.75, 3.05) is 0 Å². The number of nitrogens with zero attached hydrogens (tertiary/aromatic N) is 4. The highest BCUT2D eigenvalue weighted by molar-refractivity contribution is 5.96. The van der Waals surface area contributed by atoms with Crippen LogP contribution in [0.3, 0.4) is 0 Å². The van der Waals surface area contributed by atoms with Gasteiger partial charge in [-0.05, 0) is 37.0 Å². The molecule has 3 heterocycles. The largest absolute Gasteiger partial charge is 0.349 e. The van der Waals surface area contributed by atoms with Crippen molar-refractivity contribution in [1.29, 1.82) is 0 Å². The van der Waals surface area contributed by atoms with Crippen molar-refractivity contribution in [2.45, 2.75) is 37.9 Å². The van der Waals surface area contributed by atoms with Gasteiger partial charge >= 0.3 is 0 Å². The lowest BCUT2D eigenvalue weighted by Crippen LogP contribution is -2.34. The molecule has 4 rings (SSSR count). The van der Waals surface area contributed by atoms with Gasteiger partial charge in [-0.15, -0.1) is 24.8 Å². The Morgan fingerprint density at radius 3 is 2.81 bits per heavy atom. The predicted molar refractivity (Wildman–Crippen MR) is 108 cm³/mol. The molecular weight excluding hydrogens is 387 g/mol. The van der Waals surface area contributed by atoms with E-state index in [1.807, 2.05) is 22.9 Å². The van der Waals surface area contributed by atoms with Gasteiger partial charge in [-0.1, -0.05) is 6.07 Å². The minimum atomic E-state index is -0.115. The molecule has 0 spiro atoms. The zero-order valence-corrected chi connectivity index (χ0v) is 16.2. The summed E-state index contributed by atoms with van der Waals surface area (Å²) >= 11 is 0. The highest BCUT2D eigenvalue weighted by Gasteiger charge is 2.23. The van der Waals surface area contributed by atoms with E-state index in [4.69, 9.17) is 5.73 Å². The average molecular weight is 409 g/mol. The summed E-state index contributed by atoms with van der Waals surface area (Å²) in [5.41, 5.74) is 8.96. The van der Waals surface area contributed by atoms with E-state index >= 15 is 0 Å². The molecule has 0 radical (unpaired) electrons. The summed E-state index contributed by atoms with van der Waals surface area (Å²) in [7, 11) is 0. The van der Waals surface area contributed by atoms with Crippen LogP contribution in [-0.2, 0) is 6.54 Å². The number of pyridine rings is 2. The van der Waals surface area contributed by atoms with Crippen LogP contribution >= 0.6 is 24.8 Å². The van der Waals surface area contributed by atoms with Gasteiger partial charge < -0.3 is 15.6 Å². The maximum atomic E-state index is 12.4. The molecule has 144 valence electrons. The van der Waals surface area contributed by atoms with Crippen LogP contribution in [-0.4, -0.2) is 37.5 Å². The lowest BCUT2D eigenvalue weighted by molar-refractivity contribution is 0.0937. The van der Waals surface area contributed by atoms with Crippen LogP contribution in [0.25, 0.3) is 11.2 Å². The Morgan fingerprint density at radius 2 is 2.11 bits per heavy atom. The first-order chi connectivity index (χ1) is 12.2. The first-order valence-electron chi connectivity index (χ1n) is 8.45. The molecule has 0 aliphatic heterocycles. The molecule has 7 nitrogen and oxygen atoms in total. The average Bonchev–Trinajstić information content (AvgIpc) is 3.22. The summed E-state index contributed by atoms with van der Waals surface area (Å²) < 4.78 is 1.95. The van der Waals surface area contributed by atoms with Crippen molar-refractivity contribution in [2.24, 2.45) is 5.73 Å². The number of hydrogen-bond acceptors (Lipinski definition) is 5. The molecule has 1 aliphatic rings. The van der Waals surface area contributed by atoms with E-state index in [0.717, 1.165) is 30.5 Å². The third kappa shape index (κ3) is 4.74. The minimum absolute atomic E-state index is 0. The molecule has 0 aromatic carbocycles. The molecule has 3 aromatic heterocycles. The van der Waals surface area contributed by atoms with Gasteiger partial charge in [0.2, 0.25) is 0 Å². The van der Waals surface area contributed by atoms with Crippen LogP contribution in [0, 0.1) is 0 Å². The smallest absolute Gasteiger partial charge is 0.253 e. The zero-order chi connectivity index (χ0) is 17.2. The fraction of sp³-hybridized carbons (Fsp3) is 0.333. The van der Waals surface area contributed by atoms with Gasteiger partial charge in [-0.2, -0.15) is 0 Å². The number of halogens is 2. The summed E-state index contributed by atoms with van der Waals surface area (Å²) in [5, 5.41) is 3.04. The van der Waals surface area contributed by atoms with Gasteiger partial charge in [0.05, 0.1) is 18.4 Å². The Hall–Kier alpha value is -2.22. The summed E-state index contributed by atoms with van der Waals surface area (Å²) in [4.78, 5) is 25.4. The highest BCUT2D eigenvalue weighted by Crippen LogP contribution is 2.18.